The van der Waals surface area contributed by atoms with Crippen molar-refractivity contribution in [2.24, 2.45) is 0 Å². The number of aromatic nitrogens is 1. The van der Waals surface area contributed by atoms with E-state index in [0.29, 0.717) is 12.5 Å². The van der Waals surface area contributed by atoms with Crippen molar-refractivity contribution in [1.82, 2.24) is 4.98 Å². The van der Waals surface area contributed by atoms with Crippen LogP contribution < -0.4 is 9.64 Å². The molecule has 0 spiro atoms. The molecule has 0 N–H and O–H groups in total. The van der Waals surface area contributed by atoms with Crippen LogP contribution in [0.25, 0.3) is 10.8 Å². The summed E-state index contributed by atoms with van der Waals surface area (Å²) in [5.74, 6) is 0.703. The molecule has 1 fully saturated rings. The predicted molar refractivity (Wildman–Crippen MR) is 100 cm³/mol. The monoisotopic (exact) mass is 334 g/mol. The van der Waals surface area contributed by atoms with Gasteiger partial charge in [0.25, 0.3) is 0 Å². The summed E-state index contributed by atoms with van der Waals surface area (Å²) in [6, 6.07) is 18.7. The molecule has 4 nitrogen and oxygen atoms in total. The van der Waals surface area contributed by atoms with Crippen LogP contribution in [0.15, 0.2) is 54.6 Å². The molecule has 25 heavy (non-hydrogen) atoms. The van der Waals surface area contributed by atoms with Crippen LogP contribution >= 0.6 is 0 Å². The predicted octanol–water partition coefficient (Wildman–Crippen LogP) is 3.96. The maximum Gasteiger partial charge on any atom is 0.221 e. The van der Waals surface area contributed by atoms with Gasteiger partial charge in [0.2, 0.25) is 5.88 Å². The zero-order chi connectivity index (χ0) is 17.1. The average Bonchev–Trinajstić information content (AvgIpc) is 2.67. The van der Waals surface area contributed by atoms with E-state index < -0.39 is 0 Å². The van der Waals surface area contributed by atoms with Crippen molar-refractivity contribution >= 4 is 16.5 Å². The van der Waals surface area contributed by atoms with Gasteiger partial charge >= 0.3 is 0 Å². The highest BCUT2D eigenvalue weighted by Crippen LogP contribution is 2.33. The number of ether oxygens (including phenoxy) is 2. The van der Waals surface area contributed by atoms with Crippen LogP contribution in [0.3, 0.4) is 0 Å². The number of aryl methyl sites for hydroxylation is 1. The average molecular weight is 334 g/mol. The zero-order valence-corrected chi connectivity index (χ0v) is 14.4. The highest BCUT2D eigenvalue weighted by molar-refractivity contribution is 5.97. The third-order valence-corrected chi connectivity index (χ3v) is 4.51. The first kappa shape index (κ1) is 15.9. The highest BCUT2D eigenvalue weighted by Gasteiger charge is 2.16. The minimum absolute atomic E-state index is 0.522. The Morgan fingerprint density at radius 2 is 1.80 bits per heavy atom. The van der Waals surface area contributed by atoms with Gasteiger partial charge in [-0.1, -0.05) is 36.4 Å². The summed E-state index contributed by atoms with van der Waals surface area (Å²) >= 11 is 0. The number of fused-ring (bicyclic) bond motifs is 1. The van der Waals surface area contributed by atoms with Crippen LogP contribution in [-0.4, -0.2) is 31.3 Å². The van der Waals surface area contributed by atoms with Crippen LogP contribution in [0.2, 0.25) is 0 Å². The van der Waals surface area contributed by atoms with Crippen molar-refractivity contribution in [2.45, 2.75) is 13.5 Å². The van der Waals surface area contributed by atoms with Gasteiger partial charge in [0.1, 0.15) is 6.61 Å². The van der Waals surface area contributed by atoms with Crippen molar-refractivity contribution in [3.63, 3.8) is 0 Å². The molecule has 0 unspecified atom stereocenters. The normalized spacial score (nSPS) is 14.7. The number of hydrogen-bond donors (Lipinski definition) is 0. The lowest BCUT2D eigenvalue weighted by atomic mass is 10.1. The lowest BCUT2D eigenvalue weighted by Gasteiger charge is -2.30. The fraction of sp³-hybridized carbons (Fsp3) is 0.286. The van der Waals surface area contributed by atoms with Crippen molar-refractivity contribution in [2.75, 3.05) is 31.2 Å². The number of pyridine rings is 1. The summed E-state index contributed by atoms with van der Waals surface area (Å²) in [6.45, 7) is 5.93. The lowest BCUT2D eigenvalue weighted by molar-refractivity contribution is 0.123. The first-order chi connectivity index (χ1) is 12.3. The molecule has 3 aromatic rings. The maximum atomic E-state index is 6.07. The van der Waals surface area contributed by atoms with E-state index in [9.17, 15) is 0 Å². The Labute approximate surface area is 148 Å². The number of morpholine rings is 1. The molecule has 0 radical (unpaired) electrons. The number of anilines is 1. The molecule has 0 amide bonds. The van der Waals surface area contributed by atoms with Gasteiger partial charge in [-0.25, -0.2) is 4.98 Å². The molecular weight excluding hydrogens is 312 g/mol. The van der Waals surface area contributed by atoms with E-state index in [4.69, 9.17) is 9.47 Å². The molecule has 0 saturated carbocycles. The van der Waals surface area contributed by atoms with Crippen molar-refractivity contribution in [3.05, 3.63) is 65.9 Å². The lowest BCUT2D eigenvalue weighted by Crippen LogP contribution is -2.36. The van der Waals surface area contributed by atoms with Gasteiger partial charge in [-0.05, 0) is 30.7 Å². The summed E-state index contributed by atoms with van der Waals surface area (Å²) in [5, 5.41) is 2.26. The standard InChI is InChI=1S/C21H22N2O2/c1-16-14-19-18(8-5-9-20(19)23-10-12-24-13-11-23)21(22-16)25-15-17-6-3-2-4-7-17/h2-9,14H,10-13,15H2,1H3. The maximum absolute atomic E-state index is 6.07. The first-order valence-electron chi connectivity index (χ1n) is 8.71. The van der Waals surface area contributed by atoms with E-state index in [1.165, 1.54) is 11.1 Å². The summed E-state index contributed by atoms with van der Waals surface area (Å²) in [6.07, 6.45) is 0. The molecule has 4 heteroatoms. The van der Waals surface area contributed by atoms with Gasteiger partial charge in [0.05, 0.1) is 13.2 Å². The first-order valence-corrected chi connectivity index (χ1v) is 8.71. The Bertz CT molecular complexity index is 858. The Morgan fingerprint density at radius 3 is 2.60 bits per heavy atom. The van der Waals surface area contributed by atoms with E-state index in [0.717, 1.165) is 42.9 Å². The third kappa shape index (κ3) is 3.44. The summed E-state index contributed by atoms with van der Waals surface area (Å²) in [5.41, 5.74) is 3.34. The molecule has 1 aliphatic rings. The largest absolute Gasteiger partial charge is 0.472 e. The van der Waals surface area contributed by atoms with E-state index in [2.05, 4.69) is 46.3 Å². The molecule has 4 rings (SSSR count). The summed E-state index contributed by atoms with van der Waals surface area (Å²) < 4.78 is 11.6. The molecule has 1 aromatic heterocycles. The van der Waals surface area contributed by atoms with E-state index >= 15 is 0 Å². The minimum Gasteiger partial charge on any atom is -0.472 e. The van der Waals surface area contributed by atoms with Crippen LogP contribution in [0.1, 0.15) is 11.3 Å². The Balaban J connectivity index is 1.69. The SMILES string of the molecule is Cc1cc2c(N3CCOCC3)cccc2c(OCc2ccccc2)n1. The number of hydrogen-bond acceptors (Lipinski definition) is 4. The van der Waals surface area contributed by atoms with Gasteiger partial charge in [0.15, 0.2) is 0 Å². The van der Waals surface area contributed by atoms with Crippen LogP contribution in [0, 0.1) is 6.92 Å². The molecular formula is C21H22N2O2. The van der Waals surface area contributed by atoms with E-state index in [1.54, 1.807) is 0 Å². The van der Waals surface area contributed by atoms with Crippen LogP contribution in [0.5, 0.6) is 5.88 Å². The molecule has 0 aliphatic carbocycles. The molecule has 2 aromatic carbocycles. The molecule has 128 valence electrons. The Morgan fingerprint density at radius 1 is 1.00 bits per heavy atom. The number of nitrogens with zero attached hydrogens (tertiary/aromatic N) is 2. The number of benzene rings is 2. The second kappa shape index (κ2) is 7.11. The van der Waals surface area contributed by atoms with Crippen molar-refractivity contribution in [1.29, 1.82) is 0 Å². The Hall–Kier alpha value is -2.59. The van der Waals surface area contributed by atoms with Crippen LogP contribution in [-0.2, 0) is 11.3 Å². The molecule has 0 bridgehead atoms. The fourth-order valence-electron chi connectivity index (χ4n) is 3.27. The van der Waals surface area contributed by atoms with E-state index in [-0.39, 0.29) is 0 Å². The van der Waals surface area contributed by atoms with Crippen LogP contribution in [0.4, 0.5) is 5.69 Å². The smallest absolute Gasteiger partial charge is 0.221 e. The minimum atomic E-state index is 0.522. The van der Waals surface area contributed by atoms with Crippen molar-refractivity contribution < 1.29 is 9.47 Å². The van der Waals surface area contributed by atoms with Gasteiger partial charge < -0.3 is 14.4 Å². The van der Waals surface area contributed by atoms with Gasteiger partial charge in [-0.2, -0.15) is 0 Å². The quantitative estimate of drug-likeness (QED) is 0.723. The van der Waals surface area contributed by atoms with Gasteiger partial charge in [0, 0.05) is 35.2 Å². The summed E-state index contributed by atoms with van der Waals surface area (Å²) in [4.78, 5) is 7.02. The Kier molecular flexibility index (Phi) is 4.53. The second-order valence-electron chi connectivity index (χ2n) is 6.31. The molecule has 1 saturated heterocycles. The highest BCUT2D eigenvalue weighted by atomic mass is 16.5. The number of rotatable bonds is 4. The topological polar surface area (TPSA) is 34.6 Å². The molecule has 2 heterocycles. The van der Waals surface area contributed by atoms with Crippen molar-refractivity contribution in [3.8, 4) is 5.88 Å². The summed E-state index contributed by atoms with van der Waals surface area (Å²) in [7, 11) is 0. The van der Waals surface area contributed by atoms with Gasteiger partial charge in [-0.3, -0.25) is 0 Å². The van der Waals surface area contributed by atoms with Gasteiger partial charge in [-0.15, -0.1) is 0 Å². The zero-order valence-electron chi connectivity index (χ0n) is 14.4. The molecule has 0 atom stereocenters. The van der Waals surface area contributed by atoms with E-state index in [1.807, 2.05) is 25.1 Å². The fourth-order valence-corrected chi connectivity index (χ4v) is 3.27. The molecule has 1 aliphatic heterocycles. The third-order valence-electron chi connectivity index (χ3n) is 4.51. The second-order valence-corrected chi connectivity index (χ2v) is 6.31.